The van der Waals surface area contributed by atoms with Gasteiger partial charge >= 0.3 is 0 Å². The molecule has 0 unspecified atom stereocenters. The van der Waals surface area contributed by atoms with E-state index in [9.17, 15) is 5.11 Å². The average Bonchev–Trinajstić information content (AvgIpc) is 2.45. The molecule has 5 heteroatoms. The number of rotatable bonds is 6. The van der Waals surface area contributed by atoms with Gasteiger partial charge in [0.05, 0.1) is 12.1 Å². The smallest absolute Gasteiger partial charge is 0.191 e. The first-order valence-electron chi connectivity index (χ1n) is 7.61. The summed E-state index contributed by atoms with van der Waals surface area (Å²) in [5.74, 6) is 0.755. The summed E-state index contributed by atoms with van der Waals surface area (Å²) in [4.78, 5) is 4.47. The molecule has 21 heavy (non-hydrogen) atoms. The van der Waals surface area contributed by atoms with Crippen LogP contribution >= 0.6 is 11.6 Å². The van der Waals surface area contributed by atoms with E-state index in [1.165, 1.54) is 0 Å². The van der Waals surface area contributed by atoms with E-state index in [1.807, 2.05) is 31.2 Å². The molecule has 0 aromatic heterocycles. The van der Waals surface area contributed by atoms with Crippen molar-refractivity contribution in [1.82, 2.24) is 10.6 Å². The first kappa shape index (κ1) is 16.1. The Morgan fingerprint density at radius 2 is 2.10 bits per heavy atom. The van der Waals surface area contributed by atoms with Gasteiger partial charge in [0.25, 0.3) is 0 Å². The van der Waals surface area contributed by atoms with Gasteiger partial charge in [0.1, 0.15) is 0 Å². The largest absolute Gasteiger partial charge is 0.388 e. The predicted octanol–water partition coefficient (Wildman–Crippen LogP) is 2.35. The highest BCUT2D eigenvalue weighted by molar-refractivity contribution is 6.31. The molecule has 0 aliphatic heterocycles. The molecule has 116 valence electrons. The van der Waals surface area contributed by atoms with Crippen LogP contribution in [-0.2, 0) is 6.42 Å². The van der Waals surface area contributed by atoms with Crippen molar-refractivity contribution in [3.05, 3.63) is 34.9 Å². The lowest BCUT2D eigenvalue weighted by Gasteiger charge is -2.35. The number of nitrogens with one attached hydrogen (secondary N) is 2. The number of aliphatic imine (C=N–C) groups is 1. The maximum Gasteiger partial charge on any atom is 0.191 e. The monoisotopic (exact) mass is 309 g/mol. The SMILES string of the molecule is CCNC(=NCC1(O)CCC1)NCCc1ccccc1Cl. The Hall–Kier alpha value is -1.26. The summed E-state index contributed by atoms with van der Waals surface area (Å²) in [6, 6.07) is 7.87. The highest BCUT2D eigenvalue weighted by atomic mass is 35.5. The van der Waals surface area contributed by atoms with Gasteiger partial charge in [0, 0.05) is 18.1 Å². The van der Waals surface area contributed by atoms with Crippen LogP contribution < -0.4 is 10.6 Å². The quantitative estimate of drug-likeness (QED) is 0.558. The molecule has 0 radical (unpaired) electrons. The first-order valence-corrected chi connectivity index (χ1v) is 7.99. The molecule has 1 aliphatic carbocycles. The molecule has 0 saturated heterocycles. The Labute approximate surface area is 131 Å². The molecule has 1 saturated carbocycles. The summed E-state index contributed by atoms with van der Waals surface area (Å²) in [5.41, 5.74) is 0.547. The van der Waals surface area contributed by atoms with Crippen molar-refractivity contribution >= 4 is 17.6 Å². The standard InChI is InChI=1S/C16H24ClN3O/c1-2-18-15(20-12-16(21)9-5-10-16)19-11-8-13-6-3-4-7-14(13)17/h3-4,6-7,21H,2,5,8-12H2,1H3,(H2,18,19,20). The zero-order valence-corrected chi connectivity index (χ0v) is 13.3. The van der Waals surface area contributed by atoms with Crippen molar-refractivity contribution in [1.29, 1.82) is 0 Å². The second-order valence-corrected chi connectivity index (χ2v) is 5.95. The van der Waals surface area contributed by atoms with Crippen molar-refractivity contribution < 1.29 is 5.11 Å². The summed E-state index contributed by atoms with van der Waals surface area (Å²) < 4.78 is 0. The van der Waals surface area contributed by atoms with E-state index in [4.69, 9.17) is 11.6 Å². The minimum atomic E-state index is -0.578. The normalized spacial score (nSPS) is 17.2. The highest BCUT2D eigenvalue weighted by Gasteiger charge is 2.34. The number of halogens is 1. The molecule has 1 aliphatic rings. The van der Waals surface area contributed by atoms with Gasteiger partial charge in [-0.05, 0) is 44.2 Å². The molecule has 2 rings (SSSR count). The summed E-state index contributed by atoms with van der Waals surface area (Å²) in [5, 5.41) is 17.4. The maximum atomic E-state index is 10.1. The van der Waals surface area contributed by atoms with Crippen LogP contribution in [0.25, 0.3) is 0 Å². The van der Waals surface area contributed by atoms with Crippen LogP contribution in [-0.4, -0.2) is 36.3 Å². The van der Waals surface area contributed by atoms with Crippen LogP contribution in [0.1, 0.15) is 31.7 Å². The molecule has 0 atom stereocenters. The molecule has 3 N–H and O–H groups in total. The van der Waals surface area contributed by atoms with Gasteiger partial charge in [0.15, 0.2) is 5.96 Å². The Morgan fingerprint density at radius 1 is 1.33 bits per heavy atom. The Bertz CT molecular complexity index is 486. The minimum absolute atomic E-state index is 0.467. The third-order valence-electron chi connectivity index (χ3n) is 3.80. The number of hydrogen-bond acceptors (Lipinski definition) is 2. The predicted molar refractivity (Wildman–Crippen MR) is 87.9 cm³/mol. The minimum Gasteiger partial charge on any atom is -0.388 e. The van der Waals surface area contributed by atoms with E-state index in [0.717, 1.165) is 55.3 Å². The molecule has 1 fully saturated rings. The van der Waals surface area contributed by atoms with Crippen molar-refractivity contribution in [2.45, 2.75) is 38.2 Å². The van der Waals surface area contributed by atoms with Crippen molar-refractivity contribution in [2.24, 2.45) is 4.99 Å². The third kappa shape index (κ3) is 4.90. The van der Waals surface area contributed by atoms with Gasteiger partial charge in [0.2, 0.25) is 0 Å². The summed E-state index contributed by atoms with van der Waals surface area (Å²) in [7, 11) is 0. The number of nitrogens with zero attached hydrogens (tertiary/aromatic N) is 1. The van der Waals surface area contributed by atoms with Crippen LogP contribution in [0.5, 0.6) is 0 Å². The lowest BCUT2D eigenvalue weighted by Crippen LogP contribution is -2.43. The molecule has 0 heterocycles. The van der Waals surface area contributed by atoms with Crippen LogP contribution in [0.2, 0.25) is 5.02 Å². The maximum absolute atomic E-state index is 10.1. The topological polar surface area (TPSA) is 56.7 Å². The third-order valence-corrected chi connectivity index (χ3v) is 4.17. The molecule has 0 amide bonds. The number of guanidine groups is 1. The average molecular weight is 310 g/mol. The fourth-order valence-corrected chi connectivity index (χ4v) is 2.56. The number of aliphatic hydroxyl groups is 1. The lowest BCUT2D eigenvalue weighted by atomic mass is 9.80. The van der Waals surface area contributed by atoms with Gasteiger partial charge in [-0.3, -0.25) is 4.99 Å². The molecule has 4 nitrogen and oxygen atoms in total. The fraction of sp³-hybridized carbons (Fsp3) is 0.562. The molecule has 1 aromatic rings. The van der Waals surface area contributed by atoms with Gasteiger partial charge in [-0.15, -0.1) is 0 Å². The van der Waals surface area contributed by atoms with E-state index in [-0.39, 0.29) is 0 Å². The van der Waals surface area contributed by atoms with Gasteiger partial charge in [-0.2, -0.15) is 0 Å². The Kier molecular flexibility index (Phi) is 5.88. The Balaban J connectivity index is 1.82. The number of benzene rings is 1. The second-order valence-electron chi connectivity index (χ2n) is 5.54. The van der Waals surface area contributed by atoms with Crippen molar-refractivity contribution in [3.63, 3.8) is 0 Å². The lowest BCUT2D eigenvalue weighted by molar-refractivity contribution is -0.0236. The van der Waals surface area contributed by atoms with E-state index in [1.54, 1.807) is 0 Å². The van der Waals surface area contributed by atoms with Gasteiger partial charge < -0.3 is 15.7 Å². The summed E-state index contributed by atoms with van der Waals surface area (Å²) >= 11 is 6.14. The Morgan fingerprint density at radius 3 is 2.71 bits per heavy atom. The molecular weight excluding hydrogens is 286 g/mol. The second kappa shape index (κ2) is 7.66. The summed E-state index contributed by atoms with van der Waals surface area (Å²) in [6.45, 7) is 4.06. The van der Waals surface area contributed by atoms with E-state index in [2.05, 4.69) is 15.6 Å². The summed E-state index contributed by atoms with van der Waals surface area (Å²) in [6.07, 6.45) is 3.65. The molecule has 0 spiro atoms. The zero-order valence-electron chi connectivity index (χ0n) is 12.5. The van der Waals surface area contributed by atoms with Crippen LogP contribution in [0.3, 0.4) is 0 Å². The highest BCUT2D eigenvalue weighted by Crippen LogP contribution is 2.31. The van der Waals surface area contributed by atoms with Crippen LogP contribution in [0, 0.1) is 0 Å². The van der Waals surface area contributed by atoms with E-state index < -0.39 is 5.60 Å². The first-order chi connectivity index (χ1) is 10.1. The molecular formula is C16H24ClN3O. The fourth-order valence-electron chi connectivity index (χ4n) is 2.33. The number of hydrogen-bond donors (Lipinski definition) is 3. The van der Waals surface area contributed by atoms with Gasteiger partial charge in [-0.25, -0.2) is 0 Å². The van der Waals surface area contributed by atoms with E-state index >= 15 is 0 Å². The molecule has 1 aromatic carbocycles. The zero-order chi connectivity index (χ0) is 15.1. The van der Waals surface area contributed by atoms with Crippen LogP contribution in [0.4, 0.5) is 0 Å². The molecule has 0 bridgehead atoms. The van der Waals surface area contributed by atoms with E-state index in [0.29, 0.717) is 6.54 Å². The van der Waals surface area contributed by atoms with Crippen molar-refractivity contribution in [2.75, 3.05) is 19.6 Å². The van der Waals surface area contributed by atoms with Crippen LogP contribution in [0.15, 0.2) is 29.3 Å². The van der Waals surface area contributed by atoms with Gasteiger partial charge in [-0.1, -0.05) is 29.8 Å². The van der Waals surface area contributed by atoms with Crippen molar-refractivity contribution in [3.8, 4) is 0 Å².